The first-order chi connectivity index (χ1) is 9.86. The molecule has 2 nitrogen and oxygen atoms in total. The maximum absolute atomic E-state index is 9.23. The Hall–Kier alpha value is -2.45. The Labute approximate surface area is 118 Å². The molecule has 0 saturated heterocycles. The highest BCUT2D eigenvalue weighted by molar-refractivity contribution is 5.71. The number of hydrogen-bond donors (Lipinski definition) is 1. The van der Waals surface area contributed by atoms with Crippen LogP contribution >= 0.6 is 0 Å². The lowest BCUT2D eigenvalue weighted by Crippen LogP contribution is -1.86. The van der Waals surface area contributed by atoms with Crippen LogP contribution in [0.5, 0.6) is 0 Å². The molecular formula is C18H15NO. The smallest absolute Gasteiger partial charge is 0.0702 e. The van der Waals surface area contributed by atoms with Gasteiger partial charge in [0, 0.05) is 11.8 Å². The van der Waals surface area contributed by atoms with E-state index in [2.05, 4.69) is 29.2 Å². The highest BCUT2D eigenvalue weighted by Gasteiger charge is 2.02. The summed E-state index contributed by atoms with van der Waals surface area (Å²) in [6.07, 6.45) is 1.80. The molecule has 1 aromatic heterocycles. The molecule has 1 N–H and O–H groups in total. The molecule has 0 radical (unpaired) electrons. The van der Waals surface area contributed by atoms with Gasteiger partial charge >= 0.3 is 0 Å². The second-order valence-corrected chi connectivity index (χ2v) is 4.65. The van der Waals surface area contributed by atoms with Crippen molar-refractivity contribution in [3.8, 4) is 22.4 Å². The molecule has 3 rings (SSSR count). The SMILES string of the molecule is OCc1cccc(-c2cccc(-c3ccccn3)c2)c1. The molecule has 98 valence electrons. The van der Waals surface area contributed by atoms with Gasteiger partial charge in [-0.05, 0) is 41.0 Å². The van der Waals surface area contributed by atoms with E-state index in [4.69, 9.17) is 0 Å². The molecular weight excluding hydrogens is 246 g/mol. The van der Waals surface area contributed by atoms with Gasteiger partial charge in [-0.25, -0.2) is 0 Å². The van der Waals surface area contributed by atoms with E-state index in [1.807, 2.05) is 42.5 Å². The molecule has 0 bridgehead atoms. The van der Waals surface area contributed by atoms with Gasteiger partial charge in [0.2, 0.25) is 0 Å². The Balaban J connectivity index is 2.03. The monoisotopic (exact) mass is 261 g/mol. The molecule has 3 aromatic rings. The lowest BCUT2D eigenvalue weighted by Gasteiger charge is -2.06. The van der Waals surface area contributed by atoms with E-state index in [9.17, 15) is 5.11 Å². The summed E-state index contributed by atoms with van der Waals surface area (Å²) in [5, 5.41) is 9.23. The molecule has 0 spiro atoms. The van der Waals surface area contributed by atoms with Gasteiger partial charge in [-0.3, -0.25) is 4.98 Å². The van der Waals surface area contributed by atoms with Crippen molar-refractivity contribution < 1.29 is 5.11 Å². The number of hydrogen-bond acceptors (Lipinski definition) is 2. The number of aliphatic hydroxyl groups is 1. The van der Waals surface area contributed by atoms with Crippen molar-refractivity contribution in [3.63, 3.8) is 0 Å². The Kier molecular flexibility index (Phi) is 3.57. The number of pyridine rings is 1. The lowest BCUT2D eigenvalue weighted by atomic mass is 10.00. The molecule has 0 atom stereocenters. The first kappa shape index (κ1) is 12.6. The van der Waals surface area contributed by atoms with Crippen LogP contribution in [-0.2, 0) is 6.61 Å². The minimum Gasteiger partial charge on any atom is -0.392 e. The van der Waals surface area contributed by atoms with Crippen molar-refractivity contribution in [3.05, 3.63) is 78.5 Å². The van der Waals surface area contributed by atoms with Crippen LogP contribution in [0.4, 0.5) is 0 Å². The van der Waals surface area contributed by atoms with Crippen LogP contribution in [0.15, 0.2) is 72.9 Å². The molecule has 0 unspecified atom stereocenters. The Morgan fingerprint density at radius 2 is 1.50 bits per heavy atom. The largest absolute Gasteiger partial charge is 0.392 e. The zero-order chi connectivity index (χ0) is 13.8. The normalized spacial score (nSPS) is 10.4. The van der Waals surface area contributed by atoms with Crippen LogP contribution in [0, 0.1) is 0 Å². The summed E-state index contributed by atoms with van der Waals surface area (Å²) in [5.41, 5.74) is 5.22. The Morgan fingerprint density at radius 1 is 0.750 bits per heavy atom. The summed E-state index contributed by atoms with van der Waals surface area (Å²) in [6.45, 7) is 0.0633. The molecule has 0 aliphatic heterocycles. The molecule has 1 heterocycles. The standard InChI is InChI=1S/C18H15NO/c20-13-14-5-3-6-15(11-14)16-7-4-8-17(12-16)18-9-1-2-10-19-18/h1-12,20H,13H2. The zero-order valence-electron chi connectivity index (χ0n) is 11.0. The molecule has 0 amide bonds. The number of benzene rings is 2. The van der Waals surface area contributed by atoms with Gasteiger partial charge in [0.05, 0.1) is 12.3 Å². The van der Waals surface area contributed by atoms with Gasteiger partial charge in [-0.15, -0.1) is 0 Å². The van der Waals surface area contributed by atoms with E-state index in [0.717, 1.165) is 27.9 Å². The average Bonchev–Trinajstić information content (AvgIpc) is 2.56. The van der Waals surface area contributed by atoms with Crippen LogP contribution in [0.1, 0.15) is 5.56 Å². The minimum absolute atomic E-state index is 0.0633. The van der Waals surface area contributed by atoms with E-state index in [1.165, 1.54) is 0 Å². The third kappa shape index (κ3) is 2.60. The van der Waals surface area contributed by atoms with Crippen molar-refractivity contribution in [2.24, 2.45) is 0 Å². The molecule has 2 aromatic carbocycles. The fraction of sp³-hybridized carbons (Fsp3) is 0.0556. The van der Waals surface area contributed by atoms with Gasteiger partial charge < -0.3 is 5.11 Å². The average molecular weight is 261 g/mol. The summed E-state index contributed by atoms with van der Waals surface area (Å²) in [7, 11) is 0. The third-order valence-corrected chi connectivity index (χ3v) is 3.27. The highest BCUT2D eigenvalue weighted by atomic mass is 16.3. The minimum atomic E-state index is 0.0633. The molecule has 0 aliphatic carbocycles. The van der Waals surface area contributed by atoms with Crippen LogP contribution in [0.3, 0.4) is 0 Å². The molecule has 2 heteroatoms. The van der Waals surface area contributed by atoms with Crippen molar-refractivity contribution in [2.75, 3.05) is 0 Å². The quantitative estimate of drug-likeness (QED) is 0.775. The summed E-state index contributed by atoms with van der Waals surface area (Å²) in [4.78, 5) is 4.38. The van der Waals surface area contributed by atoms with Gasteiger partial charge in [0.1, 0.15) is 0 Å². The molecule has 0 aliphatic rings. The number of aromatic nitrogens is 1. The molecule has 0 saturated carbocycles. The van der Waals surface area contributed by atoms with E-state index >= 15 is 0 Å². The van der Waals surface area contributed by atoms with Crippen molar-refractivity contribution in [1.29, 1.82) is 0 Å². The summed E-state index contributed by atoms with van der Waals surface area (Å²) in [5.74, 6) is 0. The first-order valence-corrected chi connectivity index (χ1v) is 6.58. The fourth-order valence-electron chi connectivity index (χ4n) is 2.24. The van der Waals surface area contributed by atoms with Crippen LogP contribution in [0.25, 0.3) is 22.4 Å². The second kappa shape index (κ2) is 5.68. The van der Waals surface area contributed by atoms with Crippen molar-refractivity contribution in [1.82, 2.24) is 4.98 Å². The predicted octanol–water partition coefficient (Wildman–Crippen LogP) is 3.91. The molecule has 0 fully saturated rings. The van der Waals surface area contributed by atoms with Gasteiger partial charge in [-0.2, -0.15) is 0 Å². The zero-order valence-corrected chi connectivity index (χ0v) is 11.0. The van der Waals surface area contributed by atoms with E-state index < -0.39 is 0 Å². The Morgan fingerprint density at radius 3 is 2.25 bits per heavy atom. The van der Waals surface area contributed by atoms with E-state index in [-0.39, 0.29) is 6.61 Å². The van der Waals surface area contributed by atoms with E-state index in [0.29, 0.717) is 0 Å². The van der Waals surface area contributed by atoms with Gasteiger partial charge in [0.15, 0.2) is 0 Å². The molecule has 20 heavy (non-hydrogen) atoms. The third-order valence-electron chi connectivity index (χ3n) is 3.27. The van der Waals surface area contributed by atoms with Crippen LogP contribution in [-0.4, -0.2) is 10.1 Å². The van der Waals surface area contributed by atoms with E-state index in [1.54, 1.807) is 6.20 Å². The van der Waals surface area contributed by atoms with Gasteiger partial charge in [0.25, 0.3) is 0 Å². The Bertz CT molecular complexity index is 707. The fourth-order valence-corrected chi connectivity index (χ4v) is 2.24. The van der Waals surface area contributed by atoms with Crippen LogP contribution < -0.4 is 0 Å². The number of nitrogens with zero attached hydrogens (tertiary/aromatic N) is 1. The number of aliphatic hydroxyl groups excluding tert-OH is 1. The van der Waals surface area contributed by atoms with Crippen molar-refractivity contribution in [2.45, 2.75) is 6.61 Å². The predicted molar refractivity (Wildman–Crippen MR) is 81.0 cm³/mol. The number of rotatable bonds is 3. The maximum Gasteiger partial charge on any atom is 0.0702 e. The topological polar surface area (TPSA) is 33.1 Å². The van der Waals surface area contributed by atoms with Gasteiger partial charge in [-0.1, -0.05) is 42.5 Å². The summed E-state index contributed by atoms with van der Waals surface area (Å²) in [6, 6.07) is 22.1. The maximum atomic E-state index is 9.23. The second-order valence-electron chi connectivity index (χ2n) is 4.65. The van der Waals surface area contributed by atoms with Crippen LogP contribution in [0.2, 0.25) is 0 Å². The lowest BCUT2D eigenvalue weighted by molar-refractivity contribution is 0.282. The highest BCUT2D eigenvalue weighted by Crippen LogP contribution is 2.25. The van der Waals surface area contributed by atoms with Crippen molar-refractivity contribution >= 4 is 0 Å². The first-order valence-electron chi connectivity index (χ1n) is 6.58. The summed E-state index contributed by atoms with van der Waals surface area (Å²) < 4.78 is 0. The summed E-state index contributed by atoms with van der Waals surface area (Å²) >= 11 is 0.